The molecule has 0 unspecified atom stereocenters. The summed E-state index contributed by atoms with van der Waals surface area (Å²) in [7, 11) is 0. The van der Waals surface area contributed by atoms with Crippen LogP contribution >= 0.6 is 11.8 Å². The smallest absolute Gasteiger partial charge is 0.227 e. The zero-order chi connectivity index (χ0) is 10.2. The first-order chi connectivity index (χ1) is 6.79. The van der Waals surface area contributed by atoms with Gasteiger partial charge in [-0.3, -0.25) is 4.79 Å². The molecule has 0 aliphatic rings. The molecule has 0 atom stereocenters. The van der Waals surface area contributed by atoms with Gasteiger partial charge >= 0.3 is 0 Å². The van der Waals surface area contributed by atoms with Gasteiger partial charge in [0.05, 0.1) is 5.75 Å². The van der Waals surface area contributed by atoms with Crippen LogP contribution in [-0.2, 0) is 11.2 Å². The largest absolute Gasteiger partial charge is 0.369 e. The number of thioether (sulfide) groups is 1. The molecule has 3 heteroatoms. The number of rotatable bonds is 6. The van der Waals surface area contributed by atoms with Crippen molar-refractivity contribution in [2.24, 2.45) is 5.73 Å². The van der Waals surface area contributed by atoms with Crippen molar-refractivity contribution in [3.8, 4) is 0 Å². The topological polar surface area (TPSA) is 43.1 Å². The Bertz CT molecular complexity index is 274. The standard InChI is InChI=1S/C11H15NOS/c12-11(13)9-14-8-4-7-10-5-2-1-3-6-10/h1-3,5-6H,4,7-9H2,(H2,12,13). The lowest BCUT2D eigenvalue weighted by molar-refractivity contribution is -0.115. The maximum atomic E-state index is 10.4. The van der Waals surface area contributed by atoms with E-state index in [1.54, 1.807) is 11.8 Å². The first kappa shape index (κ1) is 11.1. The van der Waals surface area contributed by atoms with Crippen LogP contribution < -0.4 is 5.73 Å². The minimum Gasteiger partial charge on any atom is -0.369 e. The molecule has 0 fully saturated rings. The summed E-state index contributed by atoms with van der Waals surface area (Å²) in [6, 6.07) is 10.4. The van der Waals surface area contributed by atoms with Gasteiger partial charge in [0.1, 0.15) is 0 Å². The van der Waals surface area contributed by atoms with Crippen LogP contribution in [0.1, 0.15) is 12.0 Å². The first-order valence-corrected chi connectivity index (χ1v) is 5.84. The van der Waals surface area contributed by atoms with E-state index in [0.717, 1.165) is 18.6 Å². The third-order valence-corrected chi connectivity index (χ3v) is 2.91. The van der Waals surface area contributed by atoms with Crippen LogP contribution in [-0.4, -0.2) is 17.4 Å². The molecular formula is C11H15NOS. The minimum absolute atomic E-state index is 0.227. The van der Waals surface area contributed by atoms with Crippen LogP contribution in [0.15, 0.2) is 30.3 Å². The third kappa shape index (κ3) is 4.92. The molecule has 1 aromatic rings. The van der Waals surface area contributed by atoms with Crippen molar-refractivity contribution in [1.82, 2.24) is 0 Å². The molecule has 0 aliphatic carbocycles. The number of nitrogens with two attached hydrogens (primary N) is 1. The maximum Gasteiger partial charge on any atom is 0.227 e. The Morgan fingerprint density at radius 1 is 1.29 bits per heavy atom. The molecule has 2 nitrogen and oxygen atoms in total. The lowest BCUT2D eigenvalue weighted by Gasteiger charge is -2.00. The quantitative estimate of drug-likeness (QED) is 0.726. The van der Waals surface area contributed by atoms with Crippen molar-refractivity contribution in [2.75, 3.05) is 11.5 Å². The van der Waals surface area contributed by atoms with Gasteiger partial charge in [0, 0.05) is 0 Å². The average Bonchev–Trinajstić information content (AvgIpc) is 2.18. The van der Waals surface area contributed by atoms with Crippen molar-refractivity contribution >= 4 is 17.7 Å². The number of primary amides is 1. The van der Waals surface area contributed by atoms with Crippen molar-refractivity contribution < 1.29 is 4.79 Å². The predicted octanol–water partition coefficient (Wildman–Crippen LogP) is 1.84. The van der Waals surface area contributed by atoms with Gasteiger partial charge in [-0.15, -0.1) is 0 Å². The van der Waals surface area contributed by atoms with Crippen molar-refractivity contribution in [2.45, 2.75) is 12.8 Å². The Kier molecular flexibility index (Phi) is 5.15. The van der Waals surface area contributed by atoms with E-state index in [0.29, 0.717) is 5.75 Å². The molecule has 76 valence electrons. The molecule has 0 spiro atoms. The summed E-state index contributed by atoms with van der Waals surface area (Å²) in [6.45, 7) is 0. The van der Waals surface area contributed by atoms with Crippen LogP contribution in [0.3, 0.4) is 0 Å². The Morgan fingerprint density at radius 3 is 2.64 bits per heavy atom. The molecule has 0 heterocycles. The summed E-state index contributed by atoms with van der Waals surface area (Å²) >= 11 is 1.61. The van der Waals surface area contributed by atoms with Gasteiger partial charge < -0.3 is 5.73 Å². The van der Waals surface area contributed by atoms with Crippen LogP contribution in [0, 0.1) is 0 Å². The molecule has 0 radical (unpaired) electrons. The van der Waals surface area contributed by atoms with Gasteiger partial charge in [-0.1, -0.05) is 30.3 Å². The van der Waals surface area contributed by atoms with Crippen LogP contribution in [0.2, 0.25) is 0 Å². The normalized spacial score (nSPS) is 10.0. The second kappa shape index (κ2) is 6.49. The molecule has 0 saturated carbocycles. The van der Waals surface area contributed by atoms with Gasteiger partial charge in [-0.05, 0) is 24.2 Å². The van der Waals surface area contributed by atoms with Crippen molar-refractivity contribution in [3.05, 3.63) is 35.9 Å². The van der Waals surface area contributed by atoms with Gasteiger partial charge in [-0.25, -0.2) is 0 Å². The zero-order valence-electron chi connectivity index (χ0n) is 8.11. The maximum absolute atomic E-state index is 10.4. The molecule has 0 bridgehead atoms. The van der Waals surface area contributed by atoms with E-state index < -0.39 is 0 Å². The zero-order valence-corrected chi connectivity index (χ0v) is 8.93. The SMILES string of the molecule is NC(=O)CSCCCc1ccccc1. The molecule has 14 heavy (non-hydrogen) atoms. The fourth-order valence-corrected chi connectivity index (χ4v) is 1.89. The highest BCUT2D eigenvalue weighted by Crippen LogP contribution is 2.07. The summed E-state index contributed by atoms with van der Waals surface area (Å²) in [5, 5.41) is 0. The van der Waals surface area contributed by atoms with Crippen LogP contribution in [0.5, 0.6) is 0 Å². The van der Waals surface area contributed by atoms with Gasteiger partial charge in [0.2, 0.25) is 5.91 Å². The minimum atomic E-state index is -0.227. The molecular weight excluding hydrogens is 194 g/mol. The monoisotopic (exact) mass is 209 g/mol. The van der Waals surface area contributed by atoms with E-state index in [2.05, 4.69) is 12.1 Å². The number of aryl methyl sites for hydroxylation is 1. The highest BCUT2D eigenvalue weighted by atomic mass is 32.2. The van der Waals surface area contributed by atoms with Crippen LogP contribution in [0.4, 0.5) is 0 Å². The molecule has 1 aromatic carbocycles. The highest BCUT2D eigenvalue weighted by molar-refractivity contribution is 7.99. The molecule has 0 aromatic heterocycles. The van der Waals surface area contributed by atoms with Gasteiger partial charge in [0.25, 0.3) is 0 Å². The molecule has 2 N–H and O–H groups in total. The Hall–Kier alpha value is -0.960. The number of carbonyl (C=O) groups is 1. The Labute approximate surface area is 88.9 Å². The first-order valence-electron chi connectivity index (χ1n) is 4.69. The van der Waals surface area contributed by atoms with E-state index in [1.807, 2.05) is 18.2 Å². The van der Waals surface area contributed by atoms with E-state index >= 15 is 0 Å². The molecule has 0 saturated heterocycles. The Balaban J connectivity index is 2.08. The van der Waals surface area contributed by atoms with E-state index in [4.69, 9.17) is 5.73 Å². The number of benzene rings is 1. The summed E-state index contributed by atoms with van der Waals surface area (Å²) < 4.78 is 0. The molecule has 1 amide bonds. The third-order valence-electron chi connectivity index (χ3n) is 1.84. The number of hydrogen-bond donors (Lipinski definition) is 1. The highest BCUT2D eigenvalue weighted by Gasteiger charge is 1.95. The fourth-order valence-electron chi connectivity index (χ4n) is 1.20. The average molecular weight is 209 g/mol. The lowest BCUT2D eigenvalue weighted by atomic mass is 10.1. The van der Waals surface area contributed by atoms with Crippen LogP contribution in [0.25, 0.3) is 0 Å². The summed E-state index contributed by atoms with van der Waals surface area (Å²) in [5.41, 5.74) is 6.38. The Morgan fingerprint density at radius 2 is 2.00 bits per heavy atom. The van der Waals surface area contributed by atoms with E-state index in [9.17, 15) is 4.79 Å². The molecule has 0 aliphatic heterocycles. The summed E-state index contributed by atoms with van der Waals surface area (Å²) in [5.74, 6) is 1.21. The fraction of sp³-hybridized carbons (Fsp3) is 0.364. The second-order valence-electron chi connectivity index (χ2n) is 3.11. The summed E-state index contributed by atoms with van der Waals surface area (Å²) in [4.78, 5) is 10.4. The number of carbonyl (C=O) groups excluding carboxylic acids is 1. The van der Waals surface area contributed by atoms with E-state index in [1.165, 1.54) is 5.56 Å². The predicted molar refractivity (Wildman–Crippen MR) is 61.3 cm³/mol. The van der Waals surface area contributed by atoms with Crippen molar-refractivity contribution in [3.63, 3.8) is 0 Å². The van der Waals surface area contributed by atoms with Gasteiger partial charge in [-0.2, -0.15) is 11.8 Å². The second-order valence-corrected chi connectivity index (χ2v) is 4.21. The lowest BCUT2D eigenvalue weighted by Crippen LogP contribution is -2.13. The molecule has 1 rings (SSSR count). The summed E-state index contributed by atoms with van der Waals surface area (Å²) in [6.07, 6.45) is 2.18. The van der Waals surface area contributed by atoms with Gasteiger partial charge in [0.15, 0.2) is 0 Å². The number of amides is 1. The van der Waals surface area contributed by atoms with Crippen molar-refractivity contribution in [1.29, 1.82) is 0 Å². The number of hydrogen-bond acceptors (Lipinski definition) is 2. The van der Waals surface area contributed by atoms with E-state index in [-0.39, 0.29) is 5.91 Å².